The predicted molar refractivity (Wildman–Crippen MR) is 82.2 cm³/mol. The van der Waals surface area contributed by atoms with Gasteiger partial charge in [0.25, 0.3) is 0 Å². The Morgan fingerprint density at radius 3 is 2.63 bits per heavy atom. The molecule has 0 amide bonds. The summed E-state index contributed by atoms with van der Waals surface area (Å²) in [6.45, 7) is 4.22. The minimum Gasteiger partial charge on any atom is -0.399 e. The van der Waals surface area contributed by atoms with Gasteiger partial charge in [0.2, 0.25) is 0 Å². The van der Waals surface area contributed by atoms with Crippen LogP contribution in [-0.4, -0.2) is 9.38 Å². The fourth-order valence-electron chi connectivity index (χ4n) is 2.15. The van der Waals surface area contributed by atoms with Crippen LogP contribution in [0.3, 0.4) is 0 Å². The molecule has 1 aromatic carbocycles. The number of hydrogen-bond donors (Lipinski definition) is 1. The maximum atomic E-state index is 5.82. The van der Waals surface area contributed by atoms with E-state index in [0.29, 0.717) is 0 Å². The number of aromatic nitrogens is 2. The number of fused-ring (bicyclic) bond motifs is 1. The van der Waals surface area contributed by atoms with Crippen molar-refractivity contribution in [2.75, 3.05) is 5.73 Å². The van der Waals surface area contributed by atoms with E-state index in [0.717, 1.165) is 27.2 Å². The van der Waals surface area contributed by atoms with Gasteiger partial charge in [-0.2, -0.15) is 0 Å². The van der Waals surface area contributed by atoms with Crippen molar-refractivity contribution in [1.82, 2.24) is 9.38 Å². The van der Waals surface area contributed by atoms with Gasteiger partial charge in [-0.25, -0.2) is 4.98 Å². The van der Waals surface area contributed by atoms with Crippen molar-refractivity contribution in [3.8, 4) is 11.4 Å². The molecule has 0 aliphatic carbocycles. The monoisotopic (exact) mass is 315 g/mol. The first-order valence-electron chi connectivity index (χ1n) is 6.07. The Balaban J connectivity index is 2.28. The first-order valence-corrected chi connectivity index (χ1v) is 6.86. The van der Waals surface area contributed by atoms with E-state index in [2.05, 4.69) is 53.0 Å². The number of nitrogens with zero attached hydrogens (tertiary/aromatic N) is 2. The lowest BCUT2D eigenvalue weighted by Gasteiger charge is -2.05. The quantitative estimate of drug-likeness (QED) is 0.738. The summed E-state index contributed by atoms with van der Waals surface area (Å²) in [5, 5.41) is 0. The Morgan fingerprint density at radius 1 is 1.11 bits per heavy atom. The Kier molecular flexibility index (Phi) is 2.82. The SMILES string of the molecule is Cc1ccc(-c2nc(Br)c3cc(N)ccn23)cc1C. The Hall–Kier alpha value is -1.81. The fourth-order valence-corrected chi connectivity index (χ4v) is 2.62. The van der Waals surface area contributed by atoms with Crippen LogP contribution >= 0.6 is 15.9 Å². The van der Waals surface area contributed by atoms with E-state index < -0.39 is 0 Å². The zero-order valence-electron chi connectivity index (χ0n) is 10.8. The van der Waals surface area contributed by atoms with Crippen molar-refractivity contribution in [3.05, 3.63) is 52.3 Å². The molecule has 0 aliphatic rings. The zero-order chi connectivity index (χ0) is 13.6. The molecular formula is C15H14BrN3. The van der Waals surface area contributed by atoms with Crippen LogP contribution in [0.4, 0.5) is 5.69 Å². The minimum absolute atomic E-state index is 0.736. The van der Waals surface area contributed by atoms with Gasteiger partial charge in [-0.15, -0.1) is 0 Å². The molecule has 3 nitrogen and oxygen atoms in total. The number of halogens is 1. The van der Waals surface area contributed by atoms with E-state index in [4.69, 9.17) is 5.73 Å². The Morgan fingerprint density at radius 2 is 1.89 bits per heavy atom. The number of benzene rings is 1. The lowest BCUT2D eigenvalue weighted by Crippen LogP contribution is -1.92. The van der Waals surface area contributed by atoms with E-state index in [1.54, 1.807) is 0 Å². The van der Waals surface area contributed by atoms with Gasteiger partial charge in [0.15, 0.2) is 0 Å². The smallest absolute Gasteiger partial charge is 0.145 e. The largest absolute Gasteiger partial charge is 0.399 e. The van der Waals surface area contributed by atoms with Gasteiger partial charge in [-0.3, -0.25) is 4.40 Å². The summed E-state index contributed by atoms with van der Waals surface area (Å²) in [5.74, 6) is 0.921. The molecule has 4 heteroatoms. The van der Waals surface area contributed by atoms with Gasteiger partial charge in [0, 0.05) is 17.4 Å². The van der Waals surface area contributed by atoms with Gasteiger partial charge in [-0.05, 0) is 59.1 Å². The van der Waals surface area contributed by atoms with E-state index in [1.807, 2.05) is 22.7 Å². The molecule has 0 bridgehead atoms. The molecular weight excluding hydrogens is 302 g/mol. The normalized spacial score (nSPS) is 11.1. The van der Waals surface area contributed by atoms with Crippen LogP contribution in [0.5, 0.6) is 0 Å². The van der Waals surface area contributed by atoms with E-state index in [1.165, 1.54) is 11.1 Å². The Bertz CT molecular complexity index is 774. The summed E-state index contributed by atoms with van der Waals surface area (Å²) >= 11 is 3.49. The molecule has 2 N–H and O–H groups in total. The minimum atomic E-state index is 0.736. The molecule has 3 aromatic rings. The summed E-state index contributed by atoms with van der Waals surface area (Å²) in [7, 11) is 0. The van der Waals surface area contributed by atoms with Crippen LogP contribution in [0.1, 0.15) is 11.1 Å². The third-order valence-corrected chi connectivity index (χ3v) is 3.97. The van der Waals surface area contributed by atoms with E-state index in [-0.39, 0.29) is 0 Å². The Labute approximate surface area is 120 Å². The van der Waals surface area contributed by atoms with Crippen LogP contribution in [-0.2, 0) is 0 Å². The molecule has 2 aromatic heterocycles. The number of nitrogen functional groups attached to an aromatic ring is 1. The highest BCUT2D eigenvalue weighted by atomic mass is 79.9. The third kappa shape index (κ3) is 2.02. The second-order valence-corrected chi connectivity index (χ2v) is 5.49. The van der Waals surface area contributed by atoms with Crippen molar-refractivity contribution in [2.24, 2.45) is 0 Å². The number of anilines is 1. The molecule has 0 spiro atoms. The molecule has 0 radical (unpaired) electrons. The zero-order valence-corrected chi connectivity index (χ0v) is 12.4. The van der Waals surface area contributed by atoms with Crippen LogP contribution in [0.15, 0.2) is 41.1 Å². The summed E-state index contributed by atoms with van der Waals surface area (Å²) in [6, 6.07) is 10.2. The number of nitrogens with two attached hydrogens (primary N) is 1. The summed E-state index contributed by atoms with van der Waals surface area (Å²) in [5.41, 5.74) is 11.2. The van der Waals surface area contributed by atoms with E-state index >= 15 is 0 Å². The van der Waals surface area contributed by atoms with Crippen molar-refractivity contribution in [1.29, 1.82) is 0 Å². The molecule has 0 saturated heterocycles. The topological polar surface area (TPSA) is 43.3 Å². The van der Waals surface area contributed by atoms with Crippen LogP contribution < -0.4 is 5.73 Å². The second-order valence-electron chi connectivity index (χ2n) is 4.74. The van der Waals surface area contributed by atoms with Crippen LogP contribution in [0.2, 0.25) is 0 Å². The molecule has 96 valence electrons. The van der Waals surface area contributed by atoms with Gasteiger partial charge in [-0.1, -0.05) is 12.1 Å². The predicted octanol–water partition coefficient (Wildman–Crippen LogP) is 3.96. The molecule has 2 heterocycles. The van der Waals surface area contributed by atoms with E-state index in [9.17, 15) is 0 Å². The highest BCUT2D eigenvalue weighted by Crippen LogP contribution is 2.28. The number of imidazole rings is 1. The maximum absolute atomic E-state index is 5.82. The summed E-state index contributed by atoms with van der Waals surface area (Å²) in [6.07, 6.45) is 1.95. The first-order chi connectivity index (χ1) is 9.06. The van der Waals surface area contributed by atoms with Gasteiger partial charge < -0.3 is 5.73 Å². The molecule has 0 saturated carbocycles. The first kappa shape index (κ1) is 12.2. The standard InChI is InChI=1S/C15H14BrN3/c1-9-3-4-11(7-10(9)2)15-18-14(16)13-8-12(17)5-6-19(13)15/h3-8H,17H2,1-2H3. The fraction of sp³-hybridized carbons (Fsp3) is 0.133. The number of pyridine rings is 1. The van der Waals surface area contributed by atoms with Crippen molar-refractivity contribution in [3.63, 3.8) is 0 Å². The summed E-state index contributed by atoms with van der Waals surface area (Å²) < 4.78 is 2.86. The maximum Gasteiger partial charge on any atom is 0.145 e. The molecule has 3 rings (SSSR count). The highest BCUT2D eigenvalue weighted by molar-refractivity contribution is 9.10. The van der Waals surface area contributed by atoms with Crippen molar-refractivity contribution < 1.29 is 0 Å². The highest BCUT2D eigenvalue weighted by Gasteiger charge is 2.11. The molecule has 0 unspecified atom stereocenters. The van der Waals surface area contributed by atoms with Crippen molar-refractivity contribution in [2.45, 2.75) is 13.8 Å². The lowest BCUT2D eigenvalue weighted by atomic mass is 10.1. The number of aryl methyl sites for hydroxylation is 2. The van der Waals surface area contributed by atoms with Gasteiger partial charge in [0.05, 0.1) is 5.52 Å². The van der Waals surface area contributed by atoms with Crippen molar-refractivity contribution >= 4 is 27.1 Å². The summed E-state index contributed by atoms with van der Waals surface area (Å²) in [4.78, 5) is 4.60. The third-order valence-electron chi connectivity index (χ3n) is 3.39. The number of hydrogen-bond acceptors (Lipinski definition) is 2. The van der Waals surface area contributed by atoms with Crippen LogP contribution in [0, 0.1) is 13.8 Å². The molecule has 0 atom stereocenters. The number of rotatable bonds is 1. The van der Waals surface area contributed by atoms with Crippen LogP contribution in [0.25, 0.3) is 16.9 Å². The van der Waals surface area contributed by atoms with Gasteiger partial charge in [0.1, 0.15) is 10.4 Å². The average molecular weight is 316 g/mol. The molecule has 19 heavy (non-hydrogen) atoms. The molecule has 0 aliphatic heterocycles. The molecule has 0 fully saturated rings. The second kappa shape index (κ2) is 4.38. The average Bonchev–Trinajstić information content (AvgIpc) is 2.70. The lowest BCUT2D eigenvalue weighted by molar-refractivity contribution is 1.16. The van der Waals surface area contributed by atoms with Gasteiger partial charge >= 0.3 is 0 Å².